The number of hydrogen-bond acceptors (Lipinski definition) is 3. The topological polar surface area (TPSA) is 61.4 Å². The molecule has 1 rings (SSSR count). The van der Waals surface area contributed by atoms with Crippen LogP contribution in [0.3, 0.4) is 0 Å². The summed E-state index contributed by atoms with van der Waals surface area (Å²) in [5.41, 5.74) is 0. The van der Waals surface area contributed by atoms with Crippen LogP contribution in [0.15, 0.2) is 0 Å². The Morgan fingerprint density at radius 1 is 1.12 bits per heavy atom. The van der Waals surface area contributed by atoms with Crippen LogP contribution >= 0.6 is 0 Å². The van der Waals surface area contributed by atoms with E-state index in [-0.39, 0.29) is 12.1 Å². The summed E-state index contributed by atoms with van der Waals surface area (Å²) in [5, 5.41) is 3.24. The predicted molar refractivity (Wildman–Crippen MR) is 70.1 cm³/mol. The van der Waals surface area contributed by atoms with E-state index < -0.39 is 10.2 Å². The van der Waals surface area contributed by atoms with E-state index >= 15 is 0 Å². The standard InChI is InChI=1S/C11H25N3O2S/c1-9(2)14(4)17(15,16)13-11-7-5-10(12-3)6-8-11/h9-13H,5-8H2,1-4H3. The Labute approximate surface area is 105 Å². The van der Waals surface area contributed by atoms with E-state index in [9.17, 15) is 8.42 Å². The molecule has 17 heavy (non-hydrogen) atoms. The molecule has 0 bridgehead atoms. The second-order valence-electron chi connectivity index (χ2n) is 5.07. The molecule has 102 valence electrons. The molecule has 1 fully saturated rings. The highest BCUT2D eigenvalue weighted by Gasteiger charge is 2.27. The first-order valence-corrected chi connectivity index (χ1v) is 7.73. The first kappa shape index (κ1) is 14.9. The Kier molecular flexibility index (Phi) is 5.37. The van der Waals surface area contributed by atoms with Crippen molar-refractivity contribution in [2.75, 3.05) is 14.1 Å². The third-order valence-corrected chi connectivity index (χ3v) is 5.37. The molecule has 0 heterocycles. The molecular weight excluding hydrogens is 238 g/mol. The molecule has 0 spiro atoms. The molecule has 0 aromatic carbocycles. The van der Waals surface area contributed by atoms with E-state index in [0.717, 1.165) is 25.7 Å². The van der Waals surface area contributed by atoms with Gasteiger partial charge < -0.3 is 5.32 Å². The highest BCUT2D eigenvalue weighted by Crippen LogP contribution is 2.19. The largest absolute Gasteiger partial charge is 0.317 e. The van der Waals surface area contributed by atoms with E-state index in [4.69, 9.17) is 0 Å². The minimum Gasteiger partial charge on any atom is -0.317 e. The molecule has 0 aromatic heterocycles. The molecule has 1 aliphatic carbocycles. The van der Waals surface area contributed by atoms with Crippen LogP contribution in [0.4, 0.5) is 0 Å². The van der Waals surface area contributed by atoms with Gasteiger partial charge in [-0.05, 0) is 46.6 Å². The fraction of sp³-hybridized carbons (Fsp3) is 1.00. The SMILES string of the molecule is CNC1CCC(NS(=O)(=O)N(C)C(C)C)CC1. The lowest BCUT2D eigenvalue weighted by Gasteiger charge is -2.30. The number of rotatable bonds is 5. The van der Waals surface area contributed by atoms with Gasteiger partial charge >= 0.3 is 0 Å². The van der Waals surface area contributed by atoms with Crippen molar-refractivity contribution in [1.82, 2.24) is 14.3 Å². The average Bonchev–Trinajstić information content (AvgIpc) is 2.28. The smallest absolute Gasteiger partial charge is 0.279 e. The van der Waals surface area contributed by atoms with E-state index in [1.807, 2.05) is 20.9 Å². The minimum absolute atomic E-state index is 0.0128. The fourth-order valence-electron chi connectivity index (χ4n) is 2.07. The minimum atomic E-state index is -3.32. The van der Waals surface area contributed by atoms with Gasteiger partial charge in [0.1, 0.15) is 0 Å². The van der Waals surface area contributed by atoms with Crippen molar-refractivity contribution in [2.45, 2.75) is 57.7 Å². The molecule has 1 saturated carbocycles. The summed E-state index contributed by atoms with van der Waals surface area (Å²) in [4.78, 5) is 0. The third-order valence-electron chi connectivity index (χ3n) is 3.56. The highest BCUT2D eigenvalue weighted by atomic mass is 32.2. The number of nitrogens with one attached hydrogen (secondary N) is 2. The molecule has 0 atom stereocenters. The highest BCUT2D eigenvalue weighted by molar-refractivity contribution is 7.87. The molecule has 0 aliphatic heterocycles. The normalized spacial score (nSPS) is 26.7. The third kappa shape index (κ3) is 4.21. The summed E-state index contributed by atoms with van der Waals surface area (Å²) < 4.78 is 28.2. The molecule has 2 N–H and O–H groups in total. The maximum Gasteiger partial charge on any atom is 0.279 e. The van der Waals surface area contributed by atoms with Gasteiger partial charge in [-0.15, -0.1) is 0 Å². The summed E-state index contributed by atoms with van der Waals surface area (Å²) in [6.45, 7) is 3.74. The van der Waals surface area contributed by atoms with Crippen LogP contribution in [0, 0.1) is 0 Å². The first-order chi connectivity index (χ1) is 7.86. The lowest BCUT2D eigenvalue weighted by atomic mass is 9.92. The monoisotopic (exact) mass is 263 g/mol. The van der Waals surface area contributed by atoms with Crippen molar-refractivity contribution in [2.24, 2.45) is 0 Å². The lowest BCUT2D eigenvalue weighted by Crippen LogP contribution is -2.48. The van der Waals surface area contributed by atoms with Gasteiger partial charge in [0, 0.05) is 25.2 Å². The van der Waals surface area contributed by atoms with Crippen molar-refractivity contribution in [3.05, 3.63) is 0 Å². The maximum absolute atomic E-state index is 12.0. The molecule has 1 aliphatic rings. The van der Waals surface area contributed by atoms with Crippen LogP contribution in [0.1, 0.15) is 39.5 Å². The van der Waals surface area contributed by atoms with E-state index in [1.165, 1.54) is 4.31 Å². The first-order valence-electron chi connectivity index (χ1n) is 6.29. The molecule has 6 heteroatoms. The van der Waals surface area contributed by atoms with Crippen molar-refractivity contribution in [3.8, 4) is 0 Å². The van der Waals surface area contributed by atoms with Gasteiger partial charge in [-0.3, -0.25) is 0 Å². The van der Waals surface area contributed by atoms with Gasteiger partial charge in [-0.2, -0.15) is 17.4 Å². The van der Waals surface area contributed by atoms with E-state index in [1.54, 1.807) is 7.05 Å². The van der Waals surface area contributed by atoms with Crippen molar-refractivity contribution in [1.29, 1.82) is 0 Å². The predicted octanol–water partition coefficient (Wildman–Crippen LogP) is 0.692. The van der Waals surface area contributed by atoms with Crippen LogP contribution in [0.5, 0.6) is 0 Å². The van der Waals surface area contributed by atoms with Crippen LogP contribution in [-0.4, -0.2) is 44.9 Å². The van der Waals surface area contributed by atoms with Crippen molar-refractivity contribution < 1.29 is 8.42 Å². The number of nitrogens with zero attached hydrogens (tertiary/aromatic N) is 1. The van der Waals surface area contributed by atoms with Crippen LogP contribution in [0.25, 0.3) is 0 Å². The van der Waals surface area contributed by atoms with E-state index in [2.05, 4.69) is 10.0 Å². The van der Waals surface area contributed by atoms with Gasteiger partial charge in [0.05, 0.1) is 0 Å². The Morgan fingerprint density at radius 2 is 1.59 bits per heavy atom. The lowest BCUT2D eigenvalue weighted by molar-refractivity contribution is 0.330. The molecule has 0 unspecified atom stereocenters. The van der Waals surface area contributed by atoms with Gasteiger partial charge in [0.15, 0.2) is 0 Å². The van der Waals surface area contributed by atoms with E-state index in [0.29, 0.717) is 6.04 Å². The van der Waals surface area contributed by atoms with Crippen LogP contribution in [-0.2, 0) is 10.2 Å². The zero-order chi connectivity index (χ0) is 13.1. The zero-order valence-electron chi connectivity index (χ0n) is 11.2. The molecule has 0 amide bonds. The summed E-state index contributed by atoms with van der Waals surface area (Å²) >= 11 is 0. The zero-order valence-corrected chi connectivity index (χ0v) is 12.0. The summed E-state index contributed by atoms with van der Waals surface area (Å²) in [7, 11) is 0.257. The van der Waals surface area contributed by atoms with Gasteiger partial charge in [-0.25, -0.2) is 0 Å². The Morgan fingerprint density at radius 3 is 2.00 bits per heavy atom. The van der Waals surface area contributed by atoms with Crippen LogP contribution in [0.2, 0.25) is 0 Å². The Bertz CT molecular complexity index is 322. The Balaban J connectivity index is 2.50. The quantitative estimate of drug-likeness (QED) is 0.767. The molecule has 0 aromatic rings. The summed E-state index contributed by atoms with van der Waals surface area (Å²) in [5.74, 6) is 0. The number of hydrogen-bond donors (Lipinski definition) is 2. The average molecular weight is 263 g/mol. The second kappa shape index (κ2) is 6.13. The second-order valence-corrected chi connectivity index (χ2v) is 6.83. The van der Waals surface area contributed by atoms with Crippen molar-refractivity contribution >= 4 is 10.2 Å². The van der Waals surface area contributed by atoms with Crippen molar-refractivity contribution in [3.63, 3.8) is 0 Å². The summed E-state index contributed by atoms with van der Waals surface area (Å²) in [6.07, 6.45) is 3.90. The maximum atomic E-state index is 12.0. The van der Waals surface area contributed by atoms with Gasteiger partial charge in [0.25, 0.3) is 10.2 Å². The molecular formula is C11H25N3O2S. The van der Waals surface area contributed by atoms with Gasteiger partial charge in [0.2, 0.25) is 0 Å². The molecule has 0 radical (unpaired) electrons. The fourth-order valence-corrected chi connectivity index (χ4v) is 3.45. The molecule has 0 saturated heterocycles. The Hall–Kier alpha value is -0.170. The van der Waals surface area contributed by atoms with Crippen LogP contribution < -0.4 is 10.0 Å². The van der Waals surface area contributed by atoms with Gasteiger partial charge in [-0.1, -0.05) is 0 Å². The summed E-state index contributed by atoms with van der Waals surface area (Å²) in [6, 6.07) is 0.616. The molecule has 5 nitrogen and oxygen atoms in total.